The van der Waals surface area contributed by atoms with Crippen LogP contribution < -0.4 is 4.74 Å². The molecule has 0 radical (unpaired) electrons. The minimum atomic E-state index is -4.90. The fraction of sp³-hybridized carbons (Fsp3) is 0.227. The number of alkyl halides is 6. The second kappa shape index (κ2) is 8.27. The number of aldehydes is 1. The molecule has 0 amide bonds. The summed E-state index contributed by atoms with van der Waals surface area (Å²) in [4.78, 5) is 10.8. The van der Waals surface area contributed by atoms with Gasteiger partial charge in [0.15, 0.2) is 0 Å². The van der Waals surface area contributed by atoms with Gasteiger partial charge in [-0.05, 0) is 42.3 Å². The third kappa shape index (κ3) is 5.03. The molecule has 30 heavy (non-hydrogen) atoms. The topological polar surface area (TPSA) is 26.3 Å². The van der Waals surface area contributed by atoms with E-state index in [1.165, 1.54) is 0 Å². The van der Waals surface area contributed by atoms with E-state index in [0.717, 1.165) is 6.07 Å². The van der Waals surface area contributed by atoms with E-state index in [9.17, 15) is 31.1 Å². The van der Waals surface area contributed by atoms with Gasteiger partial charge in [0.05, 0.1) is 11.1 Å². The first-order valence-corrected chi connectivity index (χ1v) is 8.77. The molecule has 1 heterocycles. The number of fused-ring (bicyclic) bond motifs is 1. The van der Waals surface area contributed by atoms with Crippen molar-refractivity contribution < 1.29 is 35.9 Å². The minimum absolute atomic E-state index is 0.0293. The Morgan fingerprint density at radius 1 is 1.00 bits per heavy atom. The lowest BCUT2D eigenvalue weighted by Crippen LogP contribution is -2.13. The summed E-state index contributed by atoms with van der Waals surface area (Å²) in [5.74, 6) is 6.07. The van der Waals surface area contributed by atoms with Crippen LogP contribution in [-0.4, -0.2) is 12.9 Å². The normalized spacial score (nSPS) is 13.5. The molecule has 0 bridgehead atoms. The standard InChI is InChI=1S/C22H14F6O2/c23-21(24,25)18-8-7-16(19(11-18)22(26,27)28)4-2-1-3-14-5-6-17-9-15(12-29)13-30-20(17)10-14/h5-12H,2,4,13H2. The molecule has 1 aliphatic rings. The van der Waals surface area contributed by atoms with Crippen molar-refractivity contribution in [1.82, 2.24) is 0 Å². The maximum Gasteiger partial charge on any atom is 0.416 e. The molecule has 3 rings (SSSR count). The van der Waals surface area contributed by atoms with Gasteiger partial charge in [-0.15, -0.1) is 0 Å². The molecule has 0 aromatic heterocycles. The zero-order chi connectivity index (χ0) is 21.9. The first kappa shape index (κ1) is 21.5. The number of carbonyl (C=O) groups is 1. The molecular formula is C22H14F6O2. The van der Waals surface area contributed by atoms with Crippen molar-refractivity contribution in [2.45, 2.75) is 25.2 Å². The number of benzene rings is 2. The van der Waals surface area contributed by atoms with Crippen LogP contribution in [0.25, 0.3) is 6.08 Å². The number of rotatable bonds is 3. The van der Waals surface area contributed by atoms with Crippen molar-refractivity contribution in [3.63, 3.8) is 0 Å². The highest BCUT2D eigenvalue weighted by Crippen LogP contribution is 2.37. The van der Waals surface area contributed by atoms with Crippen LogP contribution in [0, 0.1) is 11.8 Å². The van der Waals surface area contributed by atoms with Crippen molar-refractivity contribution in [2.24, 2.45) is 0 Å². The summed E-state index contributed by atoms with van der Waals surface area (Å²) in [7, 11) is 0. The van der Waals surface area contributed by atoms with Crippen molar-refractivity contribution in [3.8, 4) is 17.6 Å². The molecule has 0 fully saturated rings. The van der Waals surface area contributed by atoms with E-state index in [1.807, 2.05) is 0 Å². The lowest BCUT2D eigenvalue weighted by Gasteiger charge is -2.15. The molecule has 2 aromatic carbocycles. The van der Waals surface area contributed by atoms with Crippen molar-refractivity contribution >= 4 is 12.4 Å². The Bertz CT molecular complexity index is 1050. The summed E-state index contributed by atoms with van der Waals surface area (Å²) in [5, 5.41) is 0. The van der Waals surface area contributed by atoms with Crippen LogP contribution >= 0.6 is 0 Å². The Balaban J connectivity index is 1.74. The van der Waals surface area contributed by atoms with Gasteiger partial charge < -0.3 is 4.74 Å². The summed E-state index contributed by atoms with van der Waals surface area (Å²) in [6.07, 6.45) is -7.48. The molecule has 0 saturated heterocycles. The molecule has 0 spiro atoms. The fourth-order valence-corrected chi connectivity index (χ4v) is 2.92. The molecule has 2 nitrogen and oxygen atoms in total. The van der Waals surface area contributed by atoms with Crippen molar-refractivity contribution in [3.05, 3.63) is 69.8 Å². The Labute approximate surface area is 168 Å². The Kier molecular flexibility index (Phi) is 5.92. The van der Waals surface area contributed by atoms with Gasteiger partial charge in [0.2, 0.25) is 0 Å². The van der Waals surface area contributed by atoms with Gasteiger partial charge in [0.1, 0.15) is 18.6 Å². The first-order chi connectivity index (χ1) is 14.1. The van der Waals surface area contributed by atoms with Crippen LogP contribution in [-0.2, 0) is 23.6 Å². The number of ether oxygens (including phenoxy) is 1. The molecule has 2 aromatic rings. The van der Waals surface area contributed by atoms with Gasteiger partial charge in [-0.25, -0.2) is 0 Å². The molecule has 0 N–H and O–H groups in total. The van der Waals surface area contributed by atoms with Crippen LogP contribution in [0.5, 0.6) is 5.75 Å². The quantitative estimate of drug-likeness (QED) is 0.360. The predicted molar refractivity (Wildman–Crippen MR) is 97.6 cm³/mol. The predicted octanol–water partition coefficient (Wildman–Crippen LogP) is 5.68. The maximum absolute atomic E-state index is 13.2. The zero-order valence-electron chi connectivity index (χ0n) is 15.3. The van der Waals surface area contributed by atoms with E-state index in [-0.39, 0.29) is 31.1 Å². The molecule has 0 aliphatic carbocycles. The van der Waals surface area contributed by atoms with Crippen LogP contribution in [0.15, 0.2) is 42.0 Å². The lowest BCUT2D eigenvalue weighted by molar-refractivity contribution is -0.143. The van der Waals surface area contributed by atoms with Gasteiger partial charge in [-0.3, -0.25) is 4.79 Å². The maximum atomic E-state index is 13.2. The molecule has 0 atom stereocenters. The highest BCUT2D eigenvalue weighted by atomic mass is 19.4. The lowest BCUT2D eigenvalue weighted by atomic mass is 9.99. The average Bonchev–Trinajstić information content (AvgIpc) is 2.69. The number of carbonyl (C=O) groups excluding carboxylic acids is 1. The first-order valence-electron chi connectivity index (χ1n) is 8.77. The minimum Gasteiger partial charge on any atom is -0.488 e. The van der Waals surface area contributed by atoms with E-state index in [0.29, 0.717) is 34.8 Å². The molecule has 0 saturated carbocycles. The summed E-state index contributed by atoms with van der Waals surface area (Å²) in [6.45, 7) is 0.140. The van der Waals surface area contributed by atoms with Gasteiger partial charge in [-0.1, -0.05) is 24.0 Å². The number of hydrogen-bond acceptors (Lipinski definition) is 2. The van der Waals surface area contributed by atoms with Crippen LogP contribution in [0.2, 0.25) is 0 Å². The van der Waals surface area contributed by atoms with E-state index < -0.39 is 23.5 Å². The van der Waals surface area contributed by atoms with Crippen LogP contribution in [0.4, 0.5) is 26.3 Å². The van der Waals surface area contributed by atoms with E-state index in [2.05, 4.69) is 11.8 Å². The van der Waals surface area contributed by atoms with Gasteiger partial charge in [0, 0.05) is 23.1 Å². The average molecular weight is 424 g/mol. The number of hydrogen-bond donors (Lipinski definition) is 0. The van der Waals surface area contributed by atoms with E-state index in [4.69, 9.17) is 4.74 Å². The Morgan fingerprint density at radius 3 is 2.43 bits per heavy atom. The zero-order valence-corrected chi connectivity index (χ0v) is 15.3. The molecule has 8 heteroatoms. The van der Waals surface area contributed by atoms with Crippen LogP contribution in [0.3, 0.4) is 0 Å². The Hall–Kier alpha value is -3.21. The molecule has 156 valence electrons. The smallest absolute Gasteiger partial charge is 0.416 e. The SMILES string of the molecule is O=CC1=Cc2ccc(C#CCCc3ccc(C(F)(F)F)cc3C(F)(F)F)cc2OC1. The molecule has 1 aliphatic heterocycles. The molecule has 0 unspecified atom stereocenters. The third-order valence-corrected chi connectivity index (χ3v) is 4.39. The van der Waals surface area contributed by atoms with Crippen molar-refractivity contribution in [1.29, 1.82) is 0 Å². The highest BCUT2D eigenvalue weighted by Gasteiger charge is 2.37. The van der Waals surface area contributed by atoms with E-state index >= 15 is 0 Å². The van der Waals surface area contributed by atoms with E-state index in [1.54, 1.807) is 24.3 Å². The third-order valence-electron chi connectivity index (χ3n) is 4.39. The number of halogens is 6. The van der Waals surface area contributed by atoms with Gasteiger partial charge in [-0.2, -0.15) is 26.3 Å². The van der Waals surface area contributed by atoms with Crippen molar-refractivity contribution in [2.75, 3.05) is 6.61 Å². The summed E-state index contributed by atoms with van der Waals surface area (Å²) < 4.78 is 83.1. The summed E-state index contributed by atoms with van der Waals surface area (Å²) >= 11 is 0. The summed E-state index contributed by atoms with van der Waals surface area (Å²) in [5.41, 5.74) is -1.11. The Morgan fingerprint density at radius 2 is 1.77 bits per heavy atom. The van der Waals surface area contributed by atoms with Gasteiger partial charge >= 0.3 is 12.4 Å². The number of aryl methyl sites for hydroxylation is 1. The van der Waals surface area contributed by atoms with Crippen LogP contribution in [0.1, 0.15) is 34.2 Å². The second-order valence-electron chi connectivity index (χ2n) is 6.55. The largest absolute Gasteiger partial charge is 0.488 e. The summed E-state index contributed by atoms with van der Waals surface area (Å²) in [6, 6.07) is 6.65. The van der Waals surface area contributed by atoms with Gasteiger partial charge in [0.25, 0.3) is 0 Å². The molecular weight excluding hydrogens is 410 g/mol. The highest BCUT2D eigenvalue weighted by molar-refractivity contribution is 5.84. The fourth-order valence-electron chi connectivity index (χ4n) is 2.92. The second-order valence-corrected chi connectivity index (χ2v) is 6.55. The monoisotopic (exact) mass is 424 g/mol.